The summed E-state index contributed by atoms with van der Waals surface area (Å²) in [4.78, 5) is 0. The van der Waals surface area contributed by atoms with Crippen LogP contribution in [0, 0.1) is 6.92 Å². The quantitative estimate of drug-likeness (QED) is 0.810. The number of hydrogen-bond donors (Lipinski definition) is 1. The van der Waals surface area contributed by atoms with Crippen molar-refractivity contribution in [3.05, 3.63) is 33.8 Å². The van der Waals surface area contributed by atoms with E-state index in [1.54, 1.807) is 0 Å². The topological polar surface area (TPSA) is 12.0 Å². The molecule has 1 N–H and O–H groups in total. The molecule has 1 aliphatic heterocycles. The zero-order valence-electron chi connectivity index (χ0n) is 8.73. The summed E-state index contributed by atoms with van der Waals surface area (Å²) in [5, 5.41) is 3.58. The van der Waals surface area contributed by atoms with Gasteiger partial charge in [-0.1, -0.05) is 28.1 Å². The lowest BCUT2D eigenvalue weighted by molar-refractivity contribution is 0.434. The van der Waals surface area contributed by atoms with Crippen molar-refractivity contribution in [2.24, 2.45) is 0 Å². The molecular weight excluding hydrogens is 238 g/mol. The maximum absolute atomic E-state index is 3.59. The van der Waals surface area contributed by atoms with E-state index in [0.29, 0.717) is 0 Å². The molecule has 2 heteroatoms. The van der Waals surface area contributed by atoms with Crippen molar-refractivity contribution in [3.8, 4) is 0 Å². The lowest BCUT2D eigenvalue weighted by Crippen LogP contribution is -2.33. The van der Waals surface area contributed by atoms with E-state index in [2.05, 4.69) is 53.3 Å². The Morgan fingerprint density at radius 3 is 2.79 bits per heavy atom. The molecule has 1 aliphatic rings. The van der Waals surface area contributed by atoms with E-state index in [4.69, 9.17) is 0 Å². The molecule has 0 aliphatic carbocycles. The maximum Gasteiger partial charge on any atom is 0.0406 e. The summed E-state index contributed by atoms with van der Waals surface area (Å²) in [5.74, 6) is 0. The van der Waals surface area contributed by atoms with Gasteiger partial charge in [0.2, 0.25) is 0 Å². The number of aryl methyl sites for hydroxylation is 1. The summed E-state index contributed by atoms with van der Waals surface area (Å²) in [6.07, 6.45) is 2.52. The molecule has 0 saturated carbocycles. The molecule has 0 aromatic heterocycles. The highest BCUT2D eigenvalue weighted by Crippen LogP contribution is 2.32. The summed E-state index contributed by atoms with van der Waals surface area (Å²) < 4.78 is 1.21. The van der Waals surface area contributed by atoms with Gasteiger partial charge in [0.1, 0.15) is 0 Å². The minimum absolute atomic E-state index is 0.191. The third kappa shape index (κ3) is 1.73. The Kier molecular flexibility index (Phi) is 2.67. The molecule has 1 saturated heterocycles. The van der Waals surface area contributed by atoms with Gasteiger partial charge in [-0.3, -0.25) is 0 Å². The van der Waals surface area contributed by atoms with Crippen LogP contribution in [-0.2, 0) is 5.54 Å². The van der Waals surface area contributed by atoms with Crippen molar-refractivity contribution < 1.29 is 0 Å². The van der Waals surface area contributed by atoms with Crippen molar-refractivity contribution in [2.45, 2.75) is 32.2 Å². The zero-order valence-corrected chi connectivity index (χ0v) is 10.3. The van der Waals surface area contributed by atoms with Crippen molar-refractivity contribution in [3.63, 3.8) is 0 Å². The molecule has 0 amide bonds. The van der Waals surface area contributed by atoms with Gasteiger partial charge in [-0.15, -0.1) is 0 Å². The highest BCUT2D eigenvalue weighted by atomic mass is 79.9. The first kappa shape index (κ1) is 10.2. The van der Waals surface area contributed by atoms with E-state index in [1.165, 1.54) is 28.4 Å². The molecule has 1 fully saturated rings. The average Bonchev–Trinajstić information content (AvgIpc) is 2.58. The Hall–Kier alpha value is -0.340. The van der Waals surface area contributed by atoms with E-state index in [1.807, 2.05) is 0 Å². The molecule has 1 aromatic rings. The smallest absolute Gasteiger partial charge is 0.0406 e. The Bertz CT molecular complexity index is 340. The lowest BCUT2D eigenvalue weighted by atomic mass is 9.90. The predicted molar refractivity (Wildman–Crippen MR) is 63.5 cm³/mol. The van der Waals surface area contributed by atoms with Crippen LogP contribution in [0.15, 0.2) is 22.7 Å². The van der Waals surface area contributed by atoms with Crippen LogP contribution < -0.4 is 5.32 Å². The Morgan fingerprint density at radius 2 is 2.21 bits per heavy atom. The van der Waals surface area contributed by atoms with Crippen LogP contribution >= 0.6 is 15.9 Å². The summed E-state index contributed by atoms with van der Waals surface area (Å²) in [5.41, 5.74) is 2.89. The van der Waals surface area contributed by atoms with Gasteiger partial charge in [0.15, 0.2) is 0 Å². The van der Waals surface area contributed by atoms with Crippen molar-refractivity contribution in [1.82, 2.24) is 5.32 Å². The van der Waals surface area contributed by atoms with E-state index in [-0.39, 0.29) is 5.54 Å². The van der Waals surface area contributed by atoms with Gasteiger partial charge in [-0.25, -0.2) is 0 Å². The van der Waals surface area contributed by atoms with Crippen LogP contribution in [0.1, 0.15) is 30.9 Å². The van der Waals surface area contributed by atoms with Crippen molar-refractivity contribution >= 4 is 15.9 Å². The van der Waals surface area contributed by atoms with E-state index < -0.39 is 0 Å². The average molecular weight is 254 g/mol. The monoisotopic (exact) mass is 253 g/mol. The van der Waals surface area contributed by atoms with Crippen LogP contribution in [0.3, 0.4) is 0 Å². The van der Waals surface area contributed by atoms with Crippen LogP contribution in [0.4, 0.5) is 0 Å². The fraction of sp³-hybridized carbons (Fsp3) is 0.500. The van der Waals surface area contributed by atoms with Crippen LogP contribution in [-0.4, -0.2) is 6.54 Å². The minimum Gasteiger partial charge on any atom is -0.308 e. The number of hydrogen-bond acceptors (Lipinski definition) is 1. The fourth-order valence-corrected chi connectivity index (χ4v) is 2.46. The van der Waals surface area contributed by atoms with Crippen molar-refractivity contribution in [1.29, 1.82) is 0 Å². The number of nitrogens with one attached hydrogen (secondary N) is 1. The van der Waals surface area contributed by atoms with Gasteiger partial charge in [0.25, 0.3) is 0 Å². The van der Waals surface area contributed by atoms with Gasteiger partial charge in [0.05, 0.1) is 0 Å². The first-order chi connectivity index (χ1) is 6.62. The lowest BCUT2D eigenvalue weighted by Gasteiger charge is -2.25. The summed E-state index contributed by atoms with van der Waals surface area (Å²) >= 11 is 3.59. The highest BCUT2D eigenvalue weighted by Gasteiger charge is 2.29. The molecule has 2 rings (SSSR count). The molecule has 1 aromatic carbocycles. The molecule has 0 spiro atoms. The van der Waals surface area contributed by atoms with Gasteiger partial charge in [-0.05, 0) is 50.4 Å². The second kappa shape index (κ2) is 3.67. The van der Waals surface area contributed by atoms with Gasteiger partial charge < -0.3 is 5.32 Å². The first-order valence-corrected chi connectivity index (χ1v) is 5.93. The highest BCUT2D eigenvalue weighted by molar-refractivity contribution is 9.10. The molecule has 0 bridgehead atoms. The SMILES string of the molecule is Cc1ccc(C2(C)CCCN2)cc1Br. The van der Waals surface area contributed by atoms with Crippen LogP contribution in [0.5, 0.6) is 0 Å². The molecule has 1 nitrogen and oxygen atoms in total. The molecule has 1 atom stereocenters. The summed E-state index contributed by atoms with van der Waals surface area (Å²) in [7, 11) is 0. The third-order valence-electron chi connectivity index (χ3n) is 3.18. The molecular formula is C12H16BrN. The van der Waals surface area contributed by atoms with E-state index >= 15 is 0 Å². The normalized spacial score (nSPS) is 26.8. The Balaban J connectivity index is 2.36. The zero-order chi connectivity index (χ0) is 10.2. The first-order valence-electron chi connectivity index (χ1n) is 5.13. The van der Waals surface area contributed by atoms with E-state index in [9.17, 15) is 0 Å². The third-order valence-corrected chi connectivity index (χ3v) is 4.03. The molecule has 76 valence electrons. The molecule has 0 radical (unpaired) electrons. The summed E-state index contributed by atoms with van der Waals surface area (Å²) in [6, 6.07) is 6.66. The standard InChI is InChI=1S/C12H16BrN/c1-9-4-5-10(8-11(9)13)12(2)6-3-7-14-12/h4-5,8,14H,3,6-7H2,1-2H3. The van der Waals surface area contributed by atoms with Gasteiger partial charge in [0, 0.05) is 10.0 Å². The Morgan fingerprint density at radius 1 is 1.43 bits per heavy atom. The maximum atomic E-state index is 3.59. The fourth-order valence-electron chi connectivity index (χ4n) is 2.08. The second-order valence-corrected chi connectivity index (χ2v) is 5.18. The number of benzene rings is 1. The second-order valence-electron chi connectivity index (χ2n) is 4.33. The number of halogens is 1. The van der Waals surface area contributed by atoms with Crippen LogP contribution in [0.2, 0.25) is 0 Å². The Labute approximate surface area is 94.0 Å². The molecule has 14 heavy (non-hydrogen) atoms. The van der Waals surface area contributed by atoms with E-state index in [0.717, 1.165) is 6.54 Å². The van der Waals surface area contributed by atoms with Gasteiger partial charge >= 0.3 is 0 Å². The number of rotatable bonds is 1. The van der Waals surface area contributed by atoms with Gasteiger partial charge in [-0.2, -0.15) is 0 Å². The van der Waals surface area contributed by atoms with Crippen molar-refractivity contribution in [2.75, 3.05) is 6.54 Å². The predicted octanol–water partition coefficient (Wildman–Crippen LogP) is 3.36. The minimum atomic E-state index is 0.191. The van der Waals surface area contributed by atoms with Crippen LogP contribution in [0.25, 0.3) is 0 Å². The molecule has 1 heterocycles. The largest absolute Gasteiger partial charge is 0.308 e. The summed E-state index contributed by atoms with van der Waals surface area (Å²) in [6.45, 7) is 5.55. The molecule has 1 unspecified atom stereocenters.